The smallest absolute Gasteiger partial charge is 0.335 e. The van der Waals surface area contributed by atoms with Gasteiger partial charge in [-0.15, -0.1) is 0 Å². The first-order valence-electron chi connectivity index (χ1n) is 14.2. The zero-order valence-corrected chi connectivity index (χ0v) is 22.5. The molecule has 1 amide bonds. The van der Waals surface area contributed by atoms with Crippen LogP contribution in [-0.2, 0) is 13.1 Å². The van der Waals surface area contributed by atoms with Crippen LogP contribution in [0.5, 0.6) is 0 Å². The molecule has 38 heavy (non-hydrogen) atoms. The van der Waals surface area contributed by atoms with Crippen LogP contribution in [0.2, 0.25) is 0 Å². The first-order valence-corrected chi connectivity index (χ1v) is 14.2. The minimum absolute atomic E-state index is 0.0205. The van der Waals surface area contributed by atoms with E-state index in [1.165, 1.54) is 65.4 Å². The molecule has 1 unspecified atom stereocenters. The van der Waals surface area contributed by atoms with E-state index < -0.39 is 5.97 Å². The van der Waals surface area contributed by atoms with Gasteiger partial charge in [0.1, 0.15) is 0 Å². The van der Waals surface area contributed by atoms with Crippen LogP contribution in [0.25, 0.3) is 33.1 Å². The third-order valence-corrected chi connectivity index (χ3v) is 9.34. The van der Waals surface area contributed by atoms with E-state index in [1.807, 2.05) is 17.0 Å². The van der Waals surface area contributed by atoms with Crippen molar-refractivity contribution in [2.24, 2.45) is 0 Å². The highest BCUT2D eigenvalue weighted by molar-refractivity contribution is 6.14. The molecular formula is C32H35N3O3. The van der Waals surface area contributed by atoms with Gasteiger partial charge in [0.25, 0.3) is 5.91 Å². The highest BCUT2D eigenvalue weighted by Gasteiger charge is 2.37. The maximum atomic E-state index is 13.7. The Balaban J connectivity index is 1.57. The van der Waals surface area contributed by atoms with Gasteiger partial charge in [0.05, 0.1) is 28.4 Å². The molecule has 0 bridgehead atoms. The lowest BCUT2D eigenvalue weighted by Gasteiger charge is -2.37. The number of hydrogen-bond donors (Lipinski definition) is 1. The van der Waals surface area contributed by atoms with E-state index in [9.17, 15) is 14.7 Å². The molecular weight excluding hydrogens is 474 g/mol. The number of nitrogens with zero attached hydrogens (tertiary/aromatic N) is 3. The number of fused-ring (bicyclic) bond motifs is 4. The molecule has 196 valence electrons. The summed E-state index contributed by atoms with van der Waals surface area (Å²) >= 11 is 0. The molecule has 2 aliphatic heterocycles. The van der Waals surface area contributed by atoms with Gasteiger partial charge in [-0.3, -0.25) is 4.79 Å². The molecule has 7 rings (SSSR count). The number of amides is 1. The van der Waals surface area contributed by atoms with Crippen LogP contribution in [-0.4, -0.2) is 37.1 Å². The van der Waals surface area contributed by atoms with Crippen LogP contribution in [0.1, 0.15) is 103 Å². The molecule has 6 heteroatoms. The summed E-state index contributed by atoms with van der Waals surface area (Å²) in [7, 11) is 0. The zero-order chi connectivity index (χ0) is 26.3. The lowest BCUT2D eigenvalue weighted by atomic mass is 9.81. The Morgan fingerprint density at radius 3 is 2.53 bits per heavy atom. The van der Waals surface area contributed by atoms with Gasteiger partial charge in [-0.25, -0.2) is 4.79 Å². The van der Waals surface area contributed by atoms with Crippen molar-refractivity contribution >= 4 is 33.7 Å². The van der Waals surface area contributed by atoms with Gasteiger partial charge in [0, 0.05) is 47.2 Å². The number of carboxylic acids is 1. The van der Waals surface area contributed by atoms with Gasteiger partial charge in [-0.05, 0) is 69.2 Å². The summed E-state index contributed by atoms with van der Waals surface area (Å²) in [4.78, 5) is 27.7. The summed E-state index contributed by atoms with van der Waals surface area (Å²) in [6.07, 6.45) is 9.10. The SMILES string of the molecule is CC(C)N1C(=O)c2cn3c4c(ccc(c24)C1C)-c1c(C2CCCCC2)c2ccc(C(=O)O)cc2n1CCC3. The number of rotatable bonds is 3. The first kappa shape index (κ1) is 23.6. The van der Waals surface area contributed by atoms with Gasteiger partial charge >= 0.3 is 5.97 Å². The lowest BCUT2D eigenvalue weighted by molar-refractivity contribution is 0.0615. The number of benzene rings is 2. The van der Waals surface area contributed by atoms with Crippen LogP contribution in [0.15, 0.2) is 36.5 Å². The molecule has 1 saturated carbocycles. The highest BCUT2D eigenvalue weighted by atomic mass is 16.4. The number of hydrogen-bond acceptors (Lipinski definition) is 2. The van der Waals surface area contributed by atoms with E-state index in [-0.39, 0.29) is 18.0 Å². The molecule has 3 aliphatic rings. The maximum absolute atomic E-state index is 13.7. The van der Waals surface area contributed by atoms with Gasteiger partial charge in [0.2, 0.25) is 0 Å². The highest BCUT2D eigenvalue weighted by Crippen LogP contribution is 2.49. The fourth-order valence-electron chi connectivity index (χ4n) is 7.73. The fourth-order valence-corrected chi connectivity index (χ4v) is 7.73. The standard InChI is InChI=1S/C32H35N3O3/c1-18(2)35-19(3)22-12-13-24-29-28(22)25(31(35)36)17-33(29)14-7-15-34-26-16-21(32(37)38)10-11-23(26)27(30(24)34)20-8-5-4-6-9-20/h10-13,16-20H,4-9,14-15H2,1-3H3,(H,37,38). The average molecular weight is 510 g/mol. The molecule has 6 nitrogen and oxygen atoms in total. The van der Waals surface area contributed by atoms with Crippen molar-refractivity contribution in [3.05, 3.63) is 58.8 Å². The van der Waals surface area contributed by atoms with Crippen molar-refractivity contribution in [2.75, 3.05) is 0 Å². The summed E-state index contributed by atoms with van der Waals surface area (Å²) in [5.41, 5.74) is 8.37. The molecule has 2 aromatic heterocycles. The number of carbonyl (C=O) groups is 2. The number of aromatic nitrogens is 2. The first-order chi connectivity index (χ1) is 18.4. The minimum atomic E-state index is -0.887. The molecule has 4 aromatic rings. The molecule has 2 aromatic carbocycles. The van der Waals surface area contributed by atoms with Gasteiger partial charge in [0.15, 0.2) is 0 Å². The normalized spacial score (nSPS) is 19.7. The molecule has 1 aliphatic carbocycles. The topological polar surface area (TPSA) is 67.5 Å². The molecule has 0 radical (unpaired) electrons. The lowest BCUT2D eigenvalue weighted by Crippen LogP contribution is -2.41. The summed E-state index contributed by atoms with van der Waals surface area (Å²) in [6.45, 7) is 7.98. The second-order valence-corrected chi connectivity index (χ2v) is 11.8. The molecule has 1 fully saturated rings. The molecule has 0 spiro atoms. The Labute approximate surface area is 222 Å². The second kappa shape index (κ2) is 8.48. The van der Waals surface area contributed by atoms with Gasteiger partial charge in [-0.2, -0.15) is 0 Å². The number of carbonyl (C=O) groups excluding carboxylic acids is 1. The average Bonchev–Trinajstić information content (AvgIpc) is 3.43. The van der Waals surface area contributed by atoms with E-state index in [4.69, 9.17) is 0 Å². The van der Waals surface area contributed by atoms with E-state index in [0.29, 0.717) is 11.5 Å². The third-order valence-electron chi connectivity index (χ3n) is 9.34. The van der Waals surface area contributed by atoms with Crippen molar-refractivity contribution < 1.29 is 14.7 Å². The minimum Gasteiger partial charge on any atom is -0.478 e. The summed E-state index contributed by atoms with van der Waals surface area (Å²) in [6, 6.07) is 10.4. The number of carboxylic acid groups (broad SMARTS) is 1. The van der Waals surface area contributed by atoms with E-state index >= 15 is 0 Å². The van der Waals surface area contributed by atoms with Crippen molar-refractivity contribution in [2.45, 2.75) is 90.4 Å². The Morgan fingerprint density at radius 2 is 1.79 bits per heavy atom. The summed E-state index contributed by atoms with van der Waals surface area (Å²) in [5, 5.41) is 12.1. The fraction of sp³-hybridized carbons (Fsp3) is 0.438. The van der Waals surface area contributed by atoms with Crippen molar-refractivity contribution in [3.63, 3.8) is 0 Å². The molecule has 4 heterocycles. The Morgan fingerprint density at radius 1 is 1.00 bits per heavy atom. The van der Waals surface area contributed by atoms with Crippen LogP contribution in [0.3, 0.4) is 0 Å². The Bertz CT molecular complexity index is 1630. The van der Waals surface area contributed by atoms with Gasteiger partial charge in [-0.1, -0.05) is 37.5 Å². The zero-order valence-electron chi connectivity index (χ0n) is 22.5. The van der Waals surface area contributed by atoms with Gasteiger partial charge < -0.3 is 19.1 Å². The number of aromatic carboxylic acids is 1. The molecule has 1 N–H and O–H groups in total. The van der Waals surface area contributed by atoms with E-state index in [1.54, 1.807) is 6.07 Å². The number of aryl methyl sites for hydroxylation is 2. The van der Waals surface area contributed by atoms with Crippen LogP contribution >= 0.6 is 0 Å². The van der Waals surface area contributed by atoms with Crippen LogP contribution in [0, 0.1) is 0 Å². The quantitative estimate of drug-likeness (QED) is 0.314. The van der Waals surface area contributed by atoms with Crippen molar-refractivity contribution in [1.82, 2.24) is 14.0 Å². The van der Waals surface area contributed by atoms with Crippen molar-refractivity contribution in [1.29, 1.82) is 0 Å². The predicted octanol–water partition coefficient (Wildman–Crippen LogP) is 7.34. The van der Waals surface area contributed by atoms with Crippen molar-refractivity contribution in [3.8, 4) is 11.3 Å². The van der Waals surface area contributed by atoms with Crippen LogP contribution in [0.4, 0.5) is 0 Å². The van der Waals surface area contributed by atoms with E-state index in [0.717, 1.165) is 36.0 Å². The third kappa shape index (κ3) is 3.18. The Hall–Kier alpha value is -3.54. The molecule has 1 atom stereocenters. The summed E-state index contributed by atoms with van der Waals surface area (Å²) < 4.78 is 4.72. The largest absolute Gasteiger partial charge is 0.478 e. The van der Waals surface area contributed by atoms with E-state index in [2.05, 4.69) is 48.2 Å². The summed E-state index contributed by atoms with van der Waals surface area (Å²) in [5.74, 6) is -0.304. The Kier molecular flexibility index (Phi) is 5.26. The maximum Gasteiger partial charge on any atom is 0.335 e. The van der Waals surface area contributed by atoms with Crippen LogP contribution < -0.4 is 0 Å². The molecule has 0 saturated heterocycles. The predicted molar refractivity (Wildman–Crippen MR) is 150 cm³/mol. The second-order valence-electron chi connectivity index (χ2n) is 11.8. The monoisotopic (exact) mass is 509 g/mol.